The molecule has 0 aliphatic carbocycles. The third-order valence-electron chi connectivity index (χ3n) is 6.69. The predicted octanol–water partition coefficient (Wildman–Crippen LogP) is 3.70. The molecule has 0 N–H and O–H groups in total. The molecule has 194 valence electrons. The minimum Gasteiger partial charge on any atom is -0.352 e. The van der Waals surface area contributed by atoms with E-state index < -0.39 is 36.1 Å². The summed E-state index contributed by atoms with van der Waals surface area (Å²) in [6, 6.07) is 9.67. The molecule has 2 heterocycles. The maximum Gasteiger partial charge on any atom is 0.280 e. The third kappa shape index (κ3) is 5.00. The Morgan fingerprint density at radius 2 is 1.35 bits per heavy atom. The molecule has 0 unspecified atom stereocenters. The van der Waals surface area contributed by atoms with Crippen molar-refractivity contribution in [1.29, 1.82) is 0 Å². The van der Waals surface area contributed by atoms with Crippen LogP contribution < -0.4 is 4.90 Å². The number of nitro groups is 2. The highest BCUT2D eigenvalue weighted by Gasteiger charge is 2.33. The van der Waals surface area contributed by atoms with Crippen molar-refractivity contribution in [3.8, 4) is 11.3 Å². The second-order valence-corrected chi connectivity index (χ2v) is 11.0. The smallest absolute Gasteiger partial charge is 0.280 e. The summed E-state index contributed by atoms with van der Waals surface area (Å²) in [5, 5.41) is 31.5. The molecule has 0 atom stereocenters. The molecule has 12 nitrogen and oxygen atoms in total. The van der Waals surface area contributed by atoms with E-state index in [0.717, 1.165) is 34.5 Å². The Hall–Kier alpha value is -3.97. The summed E-state index contributed by atoms with van der Waals surface area (Å²) < 4.78 is 27.6. The van der Waals surface area contributed by atoms with Gasteiger partial charge < -0.3 is 4.90 Å². The third-order valence-corrected chi connectivity index (χ3v) is 8.56. The highest BCUT2D eigenvalue weighted by Crippen LogP contribution is 2.33. The summed E-state index contributed by atoms with van der Waals surface area (Å²) in [6.45, 7) is 8.13. The molecular formula is C24H26N6O6S. The van der Waals surface area contributed by atoms with Crippen molar-refractivity contribution >= 4 is 27.2 Å². The molecule has 1 aliphatic rings. The van der Waals surface area contributed by atoms with E-state index in [9.17, 15) is 28.6 Å². The summed E-state index contributed by atoms with van der Waals surface area (Å²) in [6.07, 6.45) is 0. The van der Waals surface area contributed by atoms with Crippen molar-refractivity contribution < 1.29 is 18.3 Å². The Balaban J connectivity index is 1.52. The number of aromatic nitrogens is 2. The molecule has 0 saturated carbocycles. The van der Waals surface area contributed by atoms with Crippen LogP contribution in [-0.4, -0.2) is 58.9 Å². The van der Waals surface area contributed by atoms with Crippen molar-refractivity contribution in [1.82, 2.24) is 14.5 Å². The molecule has 0 bridgehead atoms. The van der Waals surface area contributed by atoms with Crippen molar-refractivity contribution in [3.05, 3.63) is 78.9 Å². The first-order valence-corrected chi connectivity index (χ1v) is 12.9. The average Bonchev–Trinajstić information content (AvgIpc) is 2.86. The van der Waals surface area contributed by atoms with Gasteiger partial charge in [0.15, 0.2) is 5.82 Å². The number of nitro benzene ring substituents is 2. The first-order valence-electron chi connectivity index (χ1n) is 11.5. The molecule has 2 aromatic carbocycles. The number of hydrogen-bond donors (Lipinski definition) is 0. The van der Waals surface area contributed by atoms with Gasteiger partial charge in [0.2, 0.25) is 10.0 Å². The maximum absolute atomic E-state index is 13.2. The number of sulfonamides is 1. The summed E-state index contributed by atoms with van der Waals surface area (Å²) in [5.41, 5.74) is 3.79. The Morgan fingerprint density at radius 1 is 0.784 bits per heavy atom. The highest BCUT2D eigenvalue weighted by molar-refractivity contribution is 7.89. The van der Waals surface area contributed by atoms with E-state index in [1.165, 1.54) is 16.8 Å². The first-order chi connectivity index (χ1) is 17.4. The lowest BCUT2D eigenvalue weighted by molar-refractivity contribution is -0.395. The summed E-state index contributed by atoms with van der Waals surface area (Å²) in [7, 11) is -4.19. The van der Waals surface area contributed by atoms with Crippen LogP contribution in [0.4, 0.5) is 17.2 Å². The van der Waals surface area contributed by atoms with E-state index in [1.807, 2.05) is 30.9 Å². The fourth-order valence-electron chi connectivity index (χ4n) is 4.37. The van der Waals surface area contributed by atoms with Gasteiger partial charge in [-0.2, -0.15) is 4.31 Å². The zero-order valence-corrected chi connectivity index (χ0v) is 21.7. The lowest BCUT2D eigenvalue weighted by atomic mass is 9.99. The number of hydrogen-bond acceptors (Lipinski definition) is 9. The van der Waals surface area contributed by atoms with Crippen LogP contribution in [0.3, 0.4) is 0 Å². The lowest BCUT2D eigenvalue weighted by Crippen LogP contribution is -2.49. The number of anilines is 1. The van der Waals surface area contributed by atoms with Crippen LogP contribution in [0.5, 0.6) is 0 Å². The second-order valence-electron chi connectivity index (χ2n) is 9.02. The van der Waals surface area contributed by atoms with Crippen LogP contribution >= 0.6 is 0 Å². The standard InChI is InChI=1S/C24H26N6O6S/c1-15-11-17(3)20(12-16(15)2)21-5-6-24(26-25-21)27-7-9-28(10-8-27)37(35,36)19-13-22(29(31)32)18(4)23(14-19)30(33)34/h5-6,11-14H,7-10H2,1-4H3. The van der Waals surface area contributed by atoms with E-state index in [2.05, 4.69) is 29.3 Å². The van der Waals surface area contributed by atoms with E-state index >= 15 is 0 Å². The van der Waals surface area contributed by atoms with Crippen LogP contribution in [0.25, 0.3) is 11.3 Å². The zero-order valence-electron chi connectivity index (χ0n) is 20.8. The molecule has 1 aliphatic heterocycles. The number of aryl methyl sites for hydroxylation is 3. The number of benzene rings is 2. The quantitative estimate of drug-likeness (QED) is 0.345. The van der Waals surface area contributed by atoms with E-state index in [4.69, 9.17) is 0 Å². The van der Waals surface area contributed by atoms with Gasteiger partial charge >= 0.3 is 0 Å². The largest absolute Gasteiger partial charge is 0.352 e. The van der Waals surface area contributed by atoms with Crippen molar-refractivity contribution in [2.75, 3.05) is 31.1 Å². The Morgan fingerprint density at radius 3 is 1.86 bits per heavy atom. The summed E-state index contributed by atoms with van der Waals surface area (Å²) >= 11 is 0. The van der Waals surface area contributed by atoms with Crippen LogP contribution in [0, 0.1) is 47.9 Å². The summed E-state index contributed by atoms with van der Waals surface area (Å²) in [5.74, 6) is 0.601. The van der Waals surface area contributed by atoms with Gasteiger partial charge in [-0.1, -0.05) is 6.07 Å². The van der Waals surface area contributed by atoms with Crippen LogP contribution in [-0.2, 0) is 10.0 Å². The number of rotatable bonds is 6. The fourth-order valence-corrected chi connectivity index (χ4v) is 5.83. The van der Waals surface area contributed by atoms with Gasteiger partial charge in [-0.05, 0) is 62.6 Å². The summed E-state index contributed by atoms with van der Waals surface area (Å²) in [4.78, 5) is 22.5. The first kappa shape index (κ1) is 26.1. The van der Waals surface area contributed by atoms with E-state index in [0.29, 0.717) is 18.9 Å². The van der Waals surface area contributed by atoms with Crippen LogP contribution in [0.2, 0.25) is 0 Å². The monoisotopic (exact) mass is 526 g/mol. The SMILES string of the molecule is Cc1cc(C)c(-c2ccc(N3CCN(S(=O)(=O)c4cc([N+](=O)[O-])c(C)c([N+](=O)[O-])c4)CC3)nn2)cc1C. The van der Waals surface area contributed by atoms with Gasteiger partial charge in [-0.15, -0.1) is 10.2 Å². The zero-order chi connectivity index (χ0) is 27.1. The van der Waals surface area contributed by atoms with Crippen LogP contribution in [0.1, 0.15) is 22.3 Å². The van der Waals surface area contributed by atoms with Crippen molar-refractivity contribution in [2.45, 2.75) is 32.6 Å². The molecule has 0 amide bonds. The lowest BCUT2D eigenvalue weighted by Gasteiger charge is -2.34. The normalized spacial score (nSPS) is 14.5. The number of piperazine rings is 1. The predicted molar refractivity (Wildman–Crippen MR) is 137 cm³/mol. The molecule has 0 radical (unpaired) electrons. The van der Waals surface area contributed by atoms with Crippen molar-refractivity contribution in [2.24, 2.45) is 0 Å². The average molecular weight is 527 g/mol. The van der Waals surface area contributed by atoms with E-state index in [-0.39, 0.29) is 18.7 Å². The van der Waals surface area contributed by atoms with Crippen LogP contribution in [0.15, 0.2) is 41.3 Å². The molecule has 1 aromatic heterocycles. The molecule has 37 heavy (non-hydrogen) atoms. The molecule has 1 fully saturated rings. The molecule has 4 rings (SSSR count). The minimum absolute atomic E-state index is 0.0809. The Labute approximate surface area is 213 Å². The topological polar surface area (TPSA) is 153 Å². The van der Waals surface area contributed by atoms with Gasteiger partial charge in [0.1, 0.15) is 5.56 Å². The van der Waals surface area contributed by atoms with Crippen molar-refractivity contribution in [3.63, 3.8) is 0 Å². The van der Waals surface area contributed by atoms with Gasteiger partial charge in [-0.25, -0.2) is 8.42 Å². The van der Waals surface area contributed by atoms with Gasteiger partial charge in [0.05, 0.1) is 20.4 Å². The van der Waals surface area contributed by atoms with Gasteiger partial charge in [0, 0.05) is 43.9 Å². The fraction of sp³-hybridized carbons (Fsp3) is 0.333. The van der Waals surface area contributed by atoms with Gasteiger partial charge in [0.25, 0.3) is 11.4 Å². The molecule has 13 heteroatoms. The Bertz CT molecular complexity index is 1460. The number of nitrogens with zero attached hydrogens (tertiary/aromatic N) is 6. The highest BCUT2D eigenvalue weighted by atomic mass is 32.2. The van der Waals surface area contributed by atoms with Gasteiger partial charge in [-0.3, -0.25) is 20.2 Å². The molecule has 1 saturated heterocycles. The molecular weight excluding hydrogens is 500 g/mol. The molecule has 0 spiro atoms. The molecule has 3 aromatic rings. The van der Waals surface area contributed by atoms with E-state index in [1.54, 1.807) is 0 Å². The Kier molecular flexibility index (Phi) is 6.93. The maximum atomic E-state index is 13.2. The second kappa shape index (κ2) is 9.82. The minimum atomic E-state index is -4.19.